The van der Waals surface area contributed by atoms with Crippen molar-refractivity contribution in [1.82, 2.24) is 14.8 Å². The summed E-state index contributed by atoms with van der Waals surface area (Å²) in [5.41, 5.74) is 0.563. The van der Waals surface area contributed by atoms with Crippen molar-refractivity contribution in [1.29, 1.82) is 0 Å². The molecule has 21 heavy (non-hydrogen) atoms. The predicted octanol–water partition coefficient (Wildman–Crippen LogP) is 3.48. The quantitative estimate of drug-likeness (QED) is 0.747. The summed E-state index contributed by atoms with van der Waals surface area (Å²) in [6.07, 6.45) is 1.52. The largest absolute Gasteiger partial charge is 0.485 e. The number of hydrogen-bond acceptors (Lipinski definition) is 4. The smallest absolute Gasteiger partial charge is 0.164 e. The van der Waals surface area contributed by atoms with Gasteiger partial charge >= 0.3 is 0 Å². The molecule has 0 aliphatic heterocycles. The number of aromatic nitrogens is 3. The van der Waals surface area contributed by atoms with Crippen LogP contribution in [-0.4, -0.2) is 20.5 Å². The Bertz CT molecular complexity index is 638. The van der Waals surface area contributed by atoms with Crippen molar-refractivity contribution in [2.45, 2.75) is 33.9 Å². The zero-order valence-electron chi connectivity index (χ0n) is 12.3. The molecule has 0 aliphatic carbocycles. The van der Waals surface area contributed by atoms with Gasteiger partial charge in [0.2, 0.25) is 0 Å². The highest BCUT2D eigenvalue weighted by Crippen LogP contribution is 2.25. The van der Waals surface area contributed by atoms with Crippen LogP contribution in [0.5, 0.6) is 5.75 Å². The Morgan fingerprint density at radius 2 is 2.19 bits per heavy atom. The minimum absolute atomic E-state index is 0.0267. The van der Waals surface area contributed by atoms with Crippen molar-refractivity contribution in [2.75, 3.05) is 0 Å². The van der Waals surface area contributed by atoms with E-state index in [1.165, 1.54) is 13.3 Å². The molecular formula is C15H18BrN3O2. The predicted molar refractivity (Wildman–Crippen MR) is 83.3 cm³/mol. The number of carbonyl (C=O) groups excluding carboxylic acids is 1. The molecular weight excluding hydrogens is 334 g/mol. The highest BCUT2D eigenvalue weighted by Gasteiger charge is 2.12. The van der Waals surface area contributed by atoms with E-state index in [9.17, 15) is 4.79 Å². The van der Waals surface area contributed by atoms with E-state index in [1.807, 2.05) is 10.7 Å². The number of halogens is 1. The summed E-state index contributed by atoms with van der Waals surface area (Å²) in [6.45, 7) is 6.83. The molecule has 0 aliphatic rings. The van der Waals surface area contributed by atoms with Gasteiger partial charge in [0.1, 0.15) is 18.7 Å². The summed E-state index contributed by atoms with van der Waals surface area (Å²) in [4.78, 5) is 15.8. The maximum absolute atomic E-state index is 11.6. The van der Waals surface area contributed by atoms with E-state index in [1.54, 1.807) is 12.1 Å². The number of rotatable bonds is 6. The fourth-order valence-corrected chi connectivity index (χ4v) is 2.29. The van der Waals surface area contributed by atoms with Crippen LogP contribution in [0.25, 0.3) is 0 Å². The van der Waals surface area contributed by atoms with Crippen LogP contribution in [0.2, 0.25) is 0 Å². The van der Waals surface area contributed by atoms with Crippen molar-refractivity contribution in [3.63, 3.8) is 0 Å². The van der Waals surface area contributed by atoms with E-state index in [0.29, 0.717) is 17.2 Å². The van der Waals surface area contributed by atoms with Crippen molar-refractivity contribution < 1.29 is 9.53 Å². The second-order valence-corrected chi connectivity index (χ2v) is 6.15. The highest BCUT2D eigenvalue weighted by molar-refractivity contribution is 9.10. The van der Waals surface area contributed by atoms with E-state index in [4.69, 9.17) is 4.74 Å². The second-order valence-electron chi connectivity index (χ2n) is 5.24. The standard InChI is InChI=1S/C15H18BrN3O2/c1-10(2)7-19-15(17-9-18-19)8-21-14-6-12(16)4-5-13(14)11(3)20/h4-6,9-10H,7-8H2,1-3H3. The highest BCUT2D eigenvalue weighted by atomic mass is 79.9. The van der Waals surface area contributed by atoms with Crippen LogP contribution in [0, 0.1) is 5.92 Å². The van der Waals surface area contributed by atoms with Crippen LogP contribution in [-0.2, 0) is 13.2 Å². The number of ketones is 1. The molecule has 0 atom stereocenters. The maximum Gasteiger partial charge on any atom is 0.164 e. The lowest BCUT2D eigenvalue weighted by atomic mass is 10.1. The molecule has 0 saturated carbocycles. The van der Waals surface area contributed by atoms with Gasteiger partial charge in [-0.3, -0.25) is 4.79 Å². The average Bonchev–Trinajstić information content (AvgIpc) is 2.82. The molecule has 0 radical (unpaired) electrons. The molecule has 0 spiro atoms. The lowest BCUT2D eigenvalue weighted by Gasteiger charge is -2.12. The Kier molecular flexibility index (Phi) is 5.12. The zero-order chi connectivity index (χ0) is 15.4. The molecule has 0 N–H and O–H groups in total. The first-order valence-electron chi connectivity index (χ1n) is 6.77. The fraction of sp³-hybridized carbons (Fsp3) is 0.400. The van der Waals surface area contributed by atoms with Gasteiger partial charge in [-0.05, 0) is 31.0 Å². The molecule has 1 aromatic carbocycles. The van der Waals surface area contributed by atoms with Gasteiger partial charge in [-0.15, -0.1) is 0 Å². The summed E-state index contributed by atoms with van der Waals surface area (Å²) in [5.74, 6) is 1.75. The number of hydrogen-bond donors (Lipinski definition) is 0. The van der Waals surface area contributed by atoms with Crippen molar-refractivity contribution in [2.24, 2.45) is 5.92 Å². The van der Waals surface area contributed by atoms with E-state index in [-0.39, 0.29) is 12.4 Å². The Morgan fingerprint density at radius 3 is 2.86 bits per heavy atom. The van der Waals surface area contributed by atoms with Crippen molar-refractivity contribution >= 4 is 21.7 Å². The first kappa shape index (κ1) is 15.7. The molecule has 2 rings (SSSR count). The molecule has 6 heteroatoms. The van der Waals surface area contributed by atoms with Crippen LogP contribution < -0.4 is 4.74 Å². The van der Waals surface area contributed by atoms with Crippen LogP contribution in [0.3, 0.4) is 0 Å². The molecule has 112 valence electrons. The number of carbonyl (C=O) groups is 1. The van der Waals surface area contributed by atoms with Crippen LogP contribution >= 0.6 is 15.9 Å². The third-order valence-electron chi connectivity index (χ3n) is 2.91. The Morgan fingerprint density at radius 1 is 1.43 bits per heavy atom. The summed E-state index contributed by atoms with van der Waals surface area (Å²) in [6, 6.07) is 5.37. The lowest BCUT2D eigenvalue weighted by molar-refractivity contribution is 0.101. The van der Waals surface area contributed by atoms with Crippen LogP contribution in [0.1, 0.15) is 37.0 Å². The Hall–Kier alpha value is -1.69. The summed E-state index contributed by atoms with van der Waals surface area (Å²) >= 11 is 3.39. The first-order valence-corrected chi connectivity index (χ1v) is 7.56. The second kappa shape index (κ2) is 6.85. The molecule has 1 aromatic heterocycles. The van der Waals surface area contributed by atoms with Gasteiger partial charge in [0, 0.05) is 11.0 Å². The lowest BCUT2D eigenvalue weighted by Crippen LogP contribution is -2.13. The van der Waals surface area contributed by atoms with Crippen molar-refractivity contribution in [3.05, 3.63) is 40.4 Å². The van der Waals surface area contributed by atoms with Gasteiger partial charge in [-0.2, -0.15) is 5.10 Å². The summed E-state index contributed by atoms with van der Waals surface area (Å²) < 4.78 is 8.47. The SMILES string of the molecule is CC(=O)c1ccc(Br)cc1OCc1ncnn1CC(C)C. The Labute approximate surface area is 132 Å². The molecule has 1 heterocycles. The average molecular weight is 352 g/mol. The normalized spacial score (nSPS) is 10.9. The third-order valence-corrected chi connectivity index (χ3v) is 3.41. The van der Waals surface area contributed by atoms with Gasteiger partial charge in [-0.25, -0.2) is 9.67 Å². The monoisotopic (exact) mass is 351 g/mol. The van der Waals surface area contributed by atoms with Gasteiger partial charge in [0.05, 0.1) is 5.56 Å². The molecule has 0 bridgehead atoms. The van der Waals surface area contributed by atoms with Gasteiger partial charge in [-0.1, -0.05) is 29.8 Å². The number of nitrogens with zero attached hydrogens (tertiary/aromatic N) is 3. The van der Waals surface area contributed by atoms with E-state index >= 15 is 0 Å². The molecule has 0 unspecified atom stereocenters. The number of benzene rings is 1. The maximum atomic E-state index is 11.6. The summed E-state index contributed by atoms with van der Waals surface area (Å²) in [7, 11) is 0. The van der Waals surface area contributed by atoms with Gasteiger partial charge < -0.3 is 4.74 Å². The van der Waals surface area contributed by atoms with Crippen LogP contribution in [0.15, 0.2) is 29.0 Å². The van der Waals surface area contributed by atoms with E-state index < -0.39 is 0 Å². The number of Topliss-reactive ketones (excluding diaryl/α,β-unsaturated/α-hetero) is 1. The molecule has 5 nitrogen and oxygen atoms in total. The minimum Gasteiger partial charge on any atom is -0.485 e. The molecule has 2 aromatic rings. The fourth-order valence-electron chi connectivity index (χ4n) is 1.95. The van der Waals surface area contributed by atoms with Gasteiger partial charge in [0.25, 0.3) is 0 Å². The summed E-state index contributed by atoms with van der Waals surface area (Å²) in [5, 5.41) is 4.19. The molecule has 0 saturated heterocycles. The molecule has 0 fully saturated rings. The zero-order valence-corrected chi connectivity index (χ0v) is 13.9. The van der Waals surface area contributed by atoms with E-state index in [0.717, 1.165) is 16.8 Å². The van der Waals surface area contributed by atoms with Crippen molar-refractivity contribution in [3.8, 4) is 5.75 Å². The number of ether oxygens (including phenoxy) is 1. The Balaban J connectivity index is 2.15. The minimum atomic E-state index is -0.0267. The first-order chi connectivity index (χ1) is 9.97. The van der Waals surface area contributed by atoms with Gasteiger partial charge in [0.15, 0.2) is 11.6 Å². The third kappa shape index (κ3) is 4.14. The molecule has 0 amide bonds. The topological polar surface area (TPSA) is 57.0 Å². The van der Waals surface area contributed by atoms with Crippen LogP contribution in [0.4, 0.5) is 0 Å². The van der Waals surface area contributed by atoms with E-state index in [2.05, 4.69) is 39.9 Å².